The zero-order chi connectivity index (χ0) is 26.5. The quantitative estimate of drug-likeness (QED) is 0.190. The van der Waals surface area contributed by atoms with Gasteiger partial charge in [-0.15, -0.1) is 0 Å². The van der Waals surface area contributed by atoms with Crippen molar-refractivity contribution in [3.63, 3.8) is 0 Å². The summed E-state index contributed by atoms with van der Waals surface area (Å²) in [7, 11) is -5.70. The molecule has 1 aliphatic heterocycles. The van der Waals surface area contributed by atoms with Gasteiger partial charge >= 0.3 is 15.6 Å². The van der Waals surface area contributed by atoms with Crippen molar-refractivity contribution >= 4 is 33.0 Å². The van der Waals surface area contributed by atoms with Crippen molar-refractivity contribution in [1.29, 1.82) is 0 Å². The largest absolute Gasteiger partial charge is 0.534 e. The molecular weight excluding hydrogens is 507 g/mol. The highest BCUT2D eigenvalue weighted by molar-refractivity contribution is 7.88. The third-order valence-electron chi connectivity index (χ3n) is 6.00. The number of unbranched alkanes of at least 4 members (excludes halogenated alkanes) is 1. The molecule has 11 heteroatoms. The van der Waals surface area contributed by atoms with E-state index in [1.165, 1.54) is 18.2 Å². The van der Waals surface area contributed by atoms with Crippen LogP contribution in [0.3, 0.4) is 0 Å². The average Bonchev–Trinajstić information content (AvgIpc) is 2.86. The van der Waals surface area contributed by atoms with E-state index in [4.69, 9.17) is 0 Å². The van der Waals surface area contributed by atoms with Gasteiger partial charge in [-0.05, 0) is 72.8 Å². The van der Waals surface area contributed by atoms with Gasteiger partial charge in [-0.1, -0.05) is 24.3 Å². The number of pyridine rings is 1. The number of amides is 1. The Kier molecular flexibility index (Phi) is 8.13. The number of rotatable bonds is 9. The minimum atomic E-state index is -5.70. The normalized spacial score (nSPS) is 14.6. The zero-order valence-electron chi connectivity index (χ0n) is 19.9. The number of carbonyl (C=O) groups is 1. The van der Waals surface area contributed by atoms with Crippen LogP contribution in [0.2, 0.25) is 0 Å². The van der Waals surface area contributed by atoms with Crippen LogP contribution in [-0.4, -0.2) is 49.4 Å². The minimum absolute atomic E-state index is 0.193. The SMILES string of the molecule is O=C(/C=C/c1cnc2ccccc2c1)NCCCCN1CCc2ccc(OS(=O)(=O)C(F)(F)F)cc2C1. The van der Waals surface area contributed by atoms with E-state index in [2.05, 4.69) is 19.4 Å². The summed E-state index contributed by atoms with van der Waals surface area (Å²) in [4.78, 5) is 18.6. The molecule has 1 aromatic heterocycles. The highest BCUT2D eigenvalue weighted by Gasteiger charge is 2.48. The van der Waals surface area contributed by atoms with E-state index in [1.807, 2.05) is 30.3 Å². The maximum atomic E-state index is 12.6. The van der Waals surface area contributed by atoms with Gasteiger partial charge < -0.3 is 9.50 Å². The molecule has 37 heavy (non-hydrogen) atoms. The first-order chi connectivity index (χ1) is 17.6. The summed E-state index contributed by atoms with van der Waals surface area (Å²) in [6.07, 6.45) is 7.18. The molecule has 0 aliphatic carbocycles. The number of hydrogen-bond donors (Lipinski definition) is 1. The molecule has 1 N–H and O–H groups in total. The molecule has 2 heterocycles. The van der Waals surface area contributed by atoms with Crippen LogP contribution >= 0.6 is 0 Å². The highest BCUT2D eigenvalue weighted by atomic mass is 32.2. The van der Waals surface area contributed by atoms with Gasteiger partial charge in [0.25, 0.3) is 0 Å². The molecular formula is C26H26F3N3O4S. The molecule has 2 aromatic carbocycles. The Morgan fingerprint density at radius 3 is 2.73 bits per heavy atom. The number of hydrogen-bond acceptors (Lipinski definition) is 6. The molecule has 0 saturated heterocycles. The second-order valence-corrected chi connectivity index (χ2v) is 10.3. The fraction of sp³-hybridized carbons (Fsp3) is 0.308. The Balaban J connectivity index is 1.20. The van der Waals surface area contributed by atoms with Gasteiger partial charge in [-0.2, -0.15) is 21.6 Å². The number of para-hydroxylation sites is 1. The van der Waals surface area contributed by atoms with Crippen molar-refractivity contribution in [3.8, 4) is 5.75 Å². The van der Waals surface area contributed by atoms with E-state index in [9.17, 15) is 26.4 Å². The topological polar surface area (TPSA) is 88.6 Å². The number of alkyl halides is 3. The lowest BCUT2D eigenvalue weighted by molar-refractivity contribution is -0.116. The summed E-state index contributed by atoms with van der Waals surface area (Å²) in [6, 6.07) is 13.9. The molecule has 1 aliphatic rings. The fourth-order valence-corrected chi connectivity index (χ4v) is 4.54. The molecule has 4 rings (SSSR count). The van der Waals surface area contributed by atoms with E-state index < -0.39 is 15.6 Å². The summed E-state index contributed by atoms with van der Waals surface area (Å²) in [5.74, 6) is -0.547. The van der Waals surface area contributed by atoms with Crippen LogP contribution in [0.1, 0.15) is 29.5 Å². The van der Waals surface area contributed by atoms with Crippen molar-refractivity contribution < 1.29 is 30.6 Å². The number of benzene rings is 2. The lowest BCUT2D eigenvalue weighted by atomic mass is 9.99. The Labute approximate surface area is 213 Å². The Bertz CT molecular complexity index is 1410. The maximum Gasteiger partial charge on any atom is 0.534 e. The molecule has 0 unspecified atom stereocenters. The monoisotopic (exact) mass is 533 g/mol. The van der Waals surface area contributed by atoms with Crippen molar-refractivity contribution in [1.82, 2.24) is 15.2 Å². The lowest BCUT2D eigenvalue weighted by Crippen LogP contribution is -2.32. The molecule has 0 fully saturated rings. The number of nitrogens with one attached hydrogen (secondary N) is 1. The van der Waals surface area contributed by atoms with Gasteiger partial charge in [0.15, 0.2) is 0 Å². The van der Waals surface area contributed by atoms with Crippen molar-refractivity contribution in [3.05, 3.63) is 77.5 Å². The highest BCUT2D eigenvalue weighted by Crippen LogP contribution is 2.29. The predicted octanol–water partition coefficient (Wildman–Crippen LogP) is 4.43. The molecule has 1 amide bonds. The summed E-state index contributed by atoms with van der Waals surface area (Å²) >= 11 is 0. The van der Waals surface area contributed by atoms with E-state index in [-0.39, 0.29) is 11.7 Å². The van der Waals surface area contributed by atoms with Crippen LogP contribution in [-0.2, 0) is 27.9 Å². The average molecular weight is 534 g/mol. The fourth-order valence-electron chi connectivity index (χ4n) is 4.09. The summed E-state index contributed by atoms with van der Waals surface area (Å²) in [5, 5.41) is 3.86. The van der Waals surface area contributed by atoms with E-state index in [0.717, 1.165) is 53.5 Å². The van der Waals surface area contributed by atoms with Crippen LogP contribution in [0.15, 0.2) is 60.8 Å². The first-order valence-electron chi connectivity index (χ1n) is 11.8. The number of fused-ring (bicyclic) bond motifs is 2. The molecule has 0 saturated carbocycles. The number of halogens is 3. The second-order valence-electron chi connectivity index (χ2n) is 8.73. The van der Waals surface area contributed by atoms with E-state index in [0.29, 0.717) is 19.5 Å². The van der Waals surface area contributed by atoms with Crippen LogP contribution in [0, 0.1) is 0 Å². The van der Waals surface area contributed by atoms with E-state index in [1.54, 1.807) is 18.3 Å². The molecule has 0 radical (unpaired) electrons. The van der Waals surface area contributed by atoms with Crippen LogP contribution in [0.4, 0.5) is 13.2 Å². The first-order valence-corrected chi connectivity index (χ1v) is 13.2. The summed E-state index contributed by atoms with van der Waals surface area (Å²) in [5.41, 5.74) is -2.06. The molecule has 0 atom stereocenters. The Morgan fingerprint density at radius 2 is 1.92 bits per heavy atom. The second kappa shape index (κ2) is 11.3. The summed E-state index contributed by atoms with van der Waals surface area (Å²) < 4.78 is 64.6. The zero-order valence-corrected chi connectivity index (χ0v) is 20.7. The first kappa shape index (κ1) is 26.6. The third kappa shape index (κ3) is 7.07. The van der Waals surface area contributed by atoms with Gasteiger partial charge in [0, 0.05) is 37.3 Å². The van der Waals surface area contributed by atoms with Gasteiger partial charge in [-0.25, -0.2) is 0 Å². The van der Waals surface area contributed by atoms with Crippen LogP contribution in [0.5, 0.6) is 5.75 Å². The van der Waals surface area contributed by atoms with Crippen LogP contribution < -0.4 is 9.50 Å². The Morgan fingerprint density at radius 1 is 1.11 bits per heavy atom. The van der Waals surface area contributed by atoms with Gasteiger partial charge in [0.2, 0.25) is 5.91 Å². The van der Waals surface area contributed by atoms with Gasteiger partial charge in [0.1, 0.15) is 5.75 Å². The standard InChI is InChI=1S/C26H26F3N3O4S/c27-26(28,29)37(34,35)36-23-9-8-20-11-14-32(18-22(20)16-23)13-4-3-12-30-25(33)10-7-19-15-21-5-1-2-6-24(21)31-17-19/h1-2,5-10,15-17H,3-4,11-14,18H2,(H,30,33)/b10-7+. The molecule has 7 nitrogen and oxygen atoms in total. The van der Waals surface area contributed by atoms with Crippen molar-refractivity contribution in [2.45, 2.75) is 31.3 Å². The maximum absolute atomic E-state index is 12.6. The van der Waals surface area contributed by atoms with Gasteiger partial charge in [0.05, 0.1) is 5.52 Å². The summed E-state index contributed by atoms with van der Waals surface area (Å²) in [6.45, 7) is 2.51. The molecule has 0 spiro atoms. The predicted molar refractivity (Wildman–Crippen MR) is 134 cm³/mol. The molecule has 196 valence electrons. The van der Waals surface area contributed by atoms with Gasteiger partial charge in [-0.3, -0.25) is 14.7 Å². The molecule has 0 bridgehead atoms. The number of aromatic nitrogens is 1. The van der Waals surface area contributed by atoms with Crippen molar-refractivity contribution in [2.24, 2.45) is 0 Å². The minimum Gasteiger partial charge on any atom is -0.376 e. The third-order valence-corrected chi connectivity index (χ3v) is 6.98. The molecule has 3 aromatic rings. The number of carbonyl (C=O) groups excluding carboxylic acids is 1. The van der Waals surface area contributed by atoms with Crippen LogP contribution in [0.25, 0.3) is 17.0 Å². The number of nitrogens with zero attached hydrogens (tertiary/aromatic N) is 2. The smallest absolute Gasteiger partial charge is 0.376 e. The van der Waals surface area contributed by atoms with Crippen molar-refractivity contribution in [2.75, 3.05) is 19.6 Å². The van der Waals surface area contributed by atoms with E-state index >= 15 is 0 Å². The Hall–Kier alpha value is -3.44. The lowest BCUT2D eigenvalue weighted by Gasteiger charge is -2.29.